The first-order valence-electron chi connectivity index (χ1n) is 27.6. The number of thiazole rings is 1. The molecule has 4 aliphatic heterocycles. The van der Waals surface area contributed by atoms with Gasteiger partial charge in [0.1, 0.15) is 30.4 Å². The van der Waals surface area contributed by atoms with Gasteiger partial charge in [0.15, 0.2) is 11.6 Å². The zero-order chi connectivity index (χ0) is 54.2. The molecule has 8 atom stereocenters. The number of likely N-dealkylation sites (tertiary alicyclic amines) is 2. The number of aromatic hydroxyl groups is 1. The highest BCUT2D eigenvalue weighted by Gasteiger charge is 2.45. The zero-order valence-corrected chi connectivity index (χ0v) is 45.8. The minimum absolute atomic E-state index is 0.0488. The number of β-amino-alcohol motifs (C(OH)–C–C–N with tert-alkyl or cyclic N) is 1. The first-order chi connectivity index (χ1) is 37.7. The predicted molar refractivity (Wildman–Crippen MR) is 296 cm³/mol. The van der Waals surface area contributed by atoms with Crippen LogP contribution in [0.2, 0.25) is 0 Å². The SMILES string of the molecule is Cc1ncsc1-c1ccc([C@H](C)NC(=O)[C@@H]2C[C@@H](O)CN2C(=O)[C@@H](c2cc(OCCN3CC[C@@H](OC4CC(Oc5cc(N6C7CC[C@@H]6CN(c6cc(-c8ccccc8O)nnc6N)C7)ccn5)C4)C[C@@H]3C)no2)C(C)C)cc1. The van der Waals surface area contributed by atoms with Crippen LogP contribution in [-0.4, -0.2) is 145 Å². The summed E-state index contributed by atoms with van der Waals surface area (Å²) in [4.78, 5) is 46.8. The Bertz CT molecular complexity index is 3050. The van der Waals surface area contributed by atoms with E-state index in [9.17, 15) is 19.8 Å². The highest BCUT2D eigenvalue weighted by atomic mass is 32.1. The lowest BCUT2D eigenvalue weighted by Crippen LogP contribution is -2.54. The number of piperazine rings is 1. The monoisotopic (exact) mass is 1080 g/mol. The van der Waals surface area contributed by atoms with Crippen molar-refractivity contribution in [3.63, 3.8) is 0 Å². The summed E-state index contributed by atoms with van der Waals surface area (Å²) in [5, 5.41) is 37.0. The van der Waals surface area contributed by atoms with Crippen molar-refractivity contribution < 1.29 is 38.5 Å². The number of carbonyl (C=O) groups is 2. The lowest BCUT2D eigenvalue weighted by Gasteiger charge is -2.43. The second kappa shape index (κ2) is 22.8. The number of piperidine rings is 1. The van der Waals surface area contributed by atoms with E-state index in [0.717, 1.165) is 91.2 Å². The van der Waals surface area contributed by atoms with Gasteiger partial charge < -0.3 is 54.7 Å². The highest BCUT2D eigenvalue weighted by molar-refractivity contribution is 7.13. The lowest BCUT2D eigenvalue weighted by molar-refractivity contribution is -0.141. The van der Waals surface area contributed by atoms with Crippen molar-refractivity contribution in [3.8, 4) is 39.2 Å². The normalized spacial score (nSPS) is 25.0. The topological polar surface area (TPSA) is 231 Å². The molecule has 4 aromatic heterocycles. The van der Waals surface area contributed by atoms with Crippen molar-refractivity contribution in [1.82, 2.24) is 40.4 Å². The molecule has 19 nitrogen and oxygen atoms in total. The summed E-state index contributed by atoms with van der Waals surface area (Å²) in [7, 11) is 0. The van der Waals surface area contributed by atoms with Crippen molar-refractivity contribution in [1.29, 1.82) is 0 Å². The summed E-state index contributed by atoms with van der Waals surface area (Å²) in [6.07, 6.45) is 7.14. The van der Waals surface area contributed by atoms with Crippen LogP contribution >= 0.6 is 11.3 Å². The highest BCUT2D eigenvalue weighted by Crippen LogP contribution is 2.41. The van der Waals surface area contributed by atoms with Crippen LogP contribution in [0.15, 0.2) is 89.0 Å². The maximum absolute atomic E-state index is 14.3. The number of rotatable bonds is 18. The fraction of sp³-hybridized carbons (Fsp3) is 0.500. The number of carbonyl (C=O) groups excluding carboxylic acids is 2. The third-order valence-corrected chi connectivity index (χ3v) is 17.5. The molecule has 0 radical (unpaired) electrons. The van der Waals surface area contributed by atoms with Gasteiger partial charge in [-0.1, -0.05) is 50.2 Å². The zero-order valence-electron chi connectivity index (χ0n) is 45.0. The Balaban J connectivity index is 0.610. The van der Waals surface area contributed by atoms with Gasteiger partial charge in [-0.3, -0.25) is 14.5 Å². The van der Waals surface area contributed by atoms with Crippen LogP contribution in [0.3, 0.4) is 0 Å². The van der Waals surface area contributed by atoms with E-state index in [1.165, 1.54) is 4.90 Å². The maximum atomic E-state index is 14.3. The molecule has 2 bridgehead atoms. The van der Waals surface area contributed by atoms with E-state index in [2.05, 4.69) is 64.4 Å². The second-order valence-electron chi connectivity index (χ2n) is 22.2. The number of phenols is 1. The number of aromatic nitrogens is 5. The molecule has 5 N–H and O–H groups in total. The first-order valence-corrected chi connectivity index (χ1v) is 28.5. The molecule has 11 rings (SSSR count). The number of pyridine rings is 1. The Hall–Kier alpha value is -6.87. The van der Waals surface area contributed by atoms with Gasteiger partial charge in [-0.05, 0) is 92.9 Å². The van der Waals surface area contributed by atoms with Crippen LogP contribution in [0.1, 0.15) is 102 Å². The number of anilines is 3. The van der Waals surface area contributed by atoms with Crippen LogP contribution in [0, 0.1) is 12.8 Å². The van der Waals surface area contributed by atoms with Crippen LogP contribution < -0.4 is 30.3 Å². The number of para-hydroxylation sites is 1. The average Bonchev–Trinajstić information content (AvgIpc) is 4.31. The number of ether oxygens (including phenoxy) is 3. The Kier molecular flexibility index (Phi) is 15.6. The Morgan fingerprint density at radius 1 is 0.897 bits per heavy atom. The summed E-state index contributed by atoms with van der Waals surface area (Å²) in [5.41, 5.74) is 14.4. The van der Waals surface area contributed by atoms with E-state index in [1.807, 2.05) is 81.9 Å². The number of fused-ring (bicyclic) bond motifs is 2. The number of aliphatic hydroxyl groups excluding tert-OH is 1. The molecule has 78 heavy (non-hydrogen) atoms. The van der Waals surface area contributed by atoms with Gasteiger partial charge in [-0.25, -0.2) is 9.97 Å². The third kappa shape index (κ3) is 11.4. The van der Waals surface area contributed by atoms with Crippen molar-refractivity contribution in [2.75, 3.05) is 54.9 Å². The van der Waals surface area contributed by atoms with Crippen molar-refractivity contribution >= 4 is 40.3 Å². The van der Waals surface area contributed by atoms with Crippen LogP contribution in [-0.2, 0) is 14.3 Å². The van der Waals surface area contributed by atoms with Gasteiger partial charge >= 0.3 is 0 Å². The van der Waals surface area contributed by atoms with E-state index in [-0.39, 0.29) is 72.9 Å². The molecule has 8 heterocycles. The molecule has 4 saturated heterocycles. The summed E-state index contributed by atoms with van der Waals surface area (Å²) >= 11 is 1.59. The van der Waals surface area contributed by atoms with Gasteiger partial charge in [-0.15, -0.1) is 21.5 Å². The second-order valence-corrected chi connectivity index (χ2v) is 23.1. The molecule has 2 aromatic carbocycles. The number of aryl methyl sites for hydroxylation is 1. The minimum Gasteiger partial charge on any atom is -0.507 e. The Labute approximate surface area is 459 Å². The van der Waals surface area contributed by atoms with Crippen LogP contribution in [0.4, 0.5) is 17.2 Å². The molecule has 6 aromatic rings. The summed E-state index contributed by atoms with van der Waals surface area (Å²) < 4.78 is 24.9. The van der Waals surface area contributed by atoms with Gasteiger partial charge in [0, 0.05) is 99.7 Å². The lowest BCUT2D eigenvalue weighted by atomic mass is 9.91. The van der Waals surface area contributed by atoms with E-state index in [1.54, 1.807) is 29.5 Å². The van der Waals surface area contributed by atoms with Gasteiger partial charge in [-0.2, -0.15) is 0 Å². The summed E-state index contributed by atoms with van der Waals surface area (Å²) in [5.74, 6) is 0.322. The molecular formula is C58H71N11O8S. The van der Waals surface area contributed by atoms with Crippen molar-refractivity contribution in [2.24, 2.45) is 5.92 Å². The van der Waals surface area contributed by atoms with E-state index >= 15 is 0 Å². The summed E-state index contributed by atoms with van der Waals surface area (Å²) in [6, 6.07) is 22.7. The summed E-state index contributed by atoms with van der Waals surface area (Å²) in [6.45, 7) is 13.6. The quantitative estimate of drug-likeness (QED) is 0.0651. The number of amides is 2. The number of nitrogens with zero attached hydrogens (tertiary/aromatic N) is 9. The maximum Gasteiger partial charge on any atom is 0.254 e. The van der Waals surface area contributed by atoms with Gasteiger partial charge in [0.05, 0.1) is 51.8 Å². The molecule has 5 fully saturated rings. The van der Waals surface area contributed by atoms with Crippen molar-refractivity contribution in [2.45, 2.75) is 140 Å². The molecule has 20 heteroatoms. The molecule has 1 aliphatic carbocycles. The molecule has 412 valence electrons. The molecule has 2 amide bonds. The van der Waals surface area contributed by atoms with E-state index in [4.69, 9.17) is 24.5 Å². The fourth-order valence-corrected chi connectivity index (χ4v) is 13.1. The number of aliphatic hydroxyl groups is 1. The molecule has 1 unspecified atom stereocenters. The third-order valence-electron chi connectivity index (χ3n) is 16.5. The van der Waals surface area contributed by atoms with Crippen molar-refractivity contribution in [3.05, 3.63) is 102 Å². The van der Waals surface area contributed by atoms with Crippen LogP contribution in [0.25, 0.3) is 21.7 Å². The number of benzene rings is 2. The van der Waals surface area contributed by atoms with E-state index < -0.39 is 18.1 Å². The average molecular weight is 1080 g/mol. The number of hydrogen-bond donors (Lipinski definition) is 4. The predicted octanol–water partition coefficient (Wildman–Crippen LogP) is 7.54. The number of phenolic OH excluding ortho intramolecular Hbond substituents is 1. The fourth-order valence-electron chi connectivity index (χ4n) is 12.3. The Morgan fingerprint density at radius 3 is 2.41 bits per heavy atom. The molecular weight excluding hydrogens is 1010 g/mol. The number of nitrogens with one attached hydrogen (secondary N) is 1. The largest absolute Gasteiger partial charge is 0.507 e. The first kappa shape index (κ1) is 53.1. The smallest absolute Gasteiger partial charge is 0.254 e. The molecule has 5 aliphatic rings. The number of nitrogens with two attached hydrogens (primary N) is 1. The minimum atomic E-state index is -0.832. The van der Waals surface area contributed by atoms with Crippen LogP contribution in [0.5, 0.6) is 17.5 Å². The number of nitrogen functional groups attached to an aromatic ring is 1. The van der Waals surface area contributed by atoms with Gasteiger partial charge in [0.25, 0.3) is 5.88 Å². The number of hydrogen-bond acceptors (Lipinski definition) is 18. The standard InChI is InChI=1S/C58H71N11O8S/c1-33(2)54(58(73)68-31-42(70)24-49(68)57(72)62-35(4)37-10-12-38(13-11-37)55-36(5)61-32-78-55)51-28-53(65-77-51)74-21-20-66-19-17-43(22-34(66)3)75-44-25-45(26-44)76-52-23-39(16-18-60-52)69-40-14-15-41(69)30-67(29-40)48-27-47(63-64-56(48)59)46-8-6-7-9-50(46)71/h6-13,16,18,23,27-28,32-35,40-45,49,54,70-71H,14-15,17,19-22,24-26,29-31H2,1-5H3,(H2,59,64)(H,62,72)/t34-,35-,40+,41?,42+,43+,44?,45?,49-,54+/m0/s1. The molecule has 1 saturated carbocycles. The van der Waals surface area contributed by atoms with E-state index in [0.29, 0.717) is 53.8 Å². The Morgan fingerprint density at radius 2 is 1.68 bits per heavy atom. The van der Waals surface area contributed by atoms with Gasteiger partial charge in [0.2, 0.25) is 17.7 Å². The molecule has 0 spiro atoms.